The molecule has 0 aliphatic carbocycles. The molecule has 0 aromatic heterocycles. The summed E-state index contributed by atoms with van der Waals surface area (Å²) in [6.45, 7) is 3.01. The lowest BCUT2D eigenvalue weighted by Crippen LogP contribution is -2.40. The molecule has 2 aromatic rings. The van der Waals surface area contributed by atoms with Gasteiger partial charge in [0.25, 0.3) is 0 Å². The number of carbonyl (C=O) groups excluding carboxylic acids is 1. The second-order valence-corrected chi connectivity index (χ2v) is 6.75. The number of benzene rings is 2. The van der Waals surface area contributed by atoms with E-state index in [4.69, 9.17) is 0 Å². The van der Waals surface area contributed by atoms with Crippen LogP contribution in [0.2, 0.25) is 0 Å². The minimum Gasteiger partial charge on any atom is -0.356 e. The van der Waals surface area contributed by atoms with Crippen LogP contribution in [0.4, 0.5) is 0 Å². The smallest absolute Gasteiger partial charge is 0.243 e. The lowest BCUT2D eigenvalue weighted by Gasteiger charge is -2.19. The predicted octanol–water partition coefficient (Wildman–Crippen LogP) is 3.00. The van der Waals surface area contributed by atoms with Crippen LogP contribution in [0.5, 0.6) is 0 Å². The summed E-state index contributed by atoms with van der Waals surface area (Å²) in [6.07, 6.45) is 2.00. The van der Waals surface area contributed by atoms with Crippen molar-refractivity contribution in [1.82, 2.24) is 15.5 Å². The van der Waals surface area contributed by atoms with Crippen molar-refractivity contribution in [3.8, 4) is 0 Å². The van der Waals surface area contributed by atoms with Crippen LogP contribution in [-0.4, -0.2) is 44.0 Å². The van der Waals surface area contributed by atoms with Crippen LogP contribution < -0.4 is 10.6 Å². The normalized spacial score (nSPS) is 12.3. The fraction of sp³-hybridized carbons (Fsp3) is 0.364. The fourth-order valence-corrected chi connectivity index (χ4v) is 2.61. The molecule has 5 heteroatoms. The molecule has 1 atom stereocenters. The highest BCUT2D eigenvalue weighted by atomic mass is 16.2. The van der Waals surface area contributed by atoms with E-state index < -0.39 is 0 Å². The number of carbonyl (C=O) groups is 1. The maximum absolute atomic E-state index is 11.9. The first-order valence-corrected chi connectivity index (χ1v) is 9.40. The van der Waals surface area contributed by atoms with Crippen LogP contribution >= 0.6 is 0 Å². The average molecular weight is 367 g/mol. The Morgan fingerprint density at radius 1 is 1.04 bits per heavy atom. The van der Waals surface area contributed by atoms with Crippen LogP contribution in [0, 0.1) is 0 Å². The number of hydrogen-bond acceptors (Lipinski definition) is 2. The number of rotatable bonds is 8. The summed E-state index contributed by atoms with van der Waals surface area (Å²) in [5.41, 5.74) is 2.50. The third-order valence-electron chi connectivity index (χ3n) is 4.30. The molecule has 2 N–H and O–H groups in total. The largest absolute Gasteiger partial charge is 0.356 e. The van der Waals surface area contributed by atoms with Crippen molar-refractivity contribution in [2.75, 3.05) is 27.2 Å². The van der Waals surface area contributed by atoms with Gasteiger partial charge in [0.15, 0.2) is 5.96 Å². The first-order chi connectivity index (χ1) is 13.1. The highest BCUT2D eigenvalue weighted by molar-refractivity contribution is 5.85. The topological polar surface area (TPSA) is 56.7 Å². The Labute approximate surface area is 162 Å². The highest BCUT2D eigenvalue weighted by Crippen LogP contribution is 2.10. The van der Waals surface area contributed by atoms with Gasteiger partial charge in [-0.2, -0.15) is 0 Å². The third kappa shape index (κ3) is 7.52. The summed E-state index contributed by atoms with van der Waals surface area (Å²) in [7, 11) is 3.48. The molecule has 2 aromatic carbocycles. The molecule has 0 aliphatic heterocycles. The number of aryl methyl sites for hydroxylation is 1. The lowest BCUT2D eigenvalue weighted by molar-refractivity contribution is -0.127. The summed E-state index contributed by atoms with van der Waals surface area (Å²) in [4.78, 5) is 17.9. The van der Waals surface area contributed by atoms with E-state index in [1.54, 1.807) is 19.0 Å². The molecule has 144 valence electrons. The molecule has 0 spiro atoms. The molecule has 0 bridgehead atoms. The van der Waals surface area contributed by atoms with Crippen LogP contribution in [0.25, 0.3) is 0 Å². The van der Waals surface area contributed by atoms with Gasteiger partial charge in [0.1, 0.15) is 6.54 Å². The first kappa shape index (κ1) is 20.5. The number of aliphatic imine (C=N–C) groups is 1. The number of hydrogen-bond donors (Lipinski definition) is 2. The van der Waals surface area contributed by atoms with Crippen LogP contribution in [0.3, 0.4) is 0 Å². The molecule has 0 radical (unpaired) electrons. The Morgan fingerprint density at radius 2 is 1.67 bits per heavy atom. The van der Waals surface area contributed by atoms with E-state index in [0.29, 0.717) is 5.96 Å². The number of nitrogens with zero attached hydrogens (tertiary/aromatic N) is 2. The predicted molar refractivity (Wildman–Crippen MR) is 112 cm³/mol. The highest BCUT2D eigenvalue weighted by Gasteiger charge is 2.09. The van der Waals surface area contributed by atoms with E-state index in [0.717, 1.165) is 19.4 Å². The van der Waals surface area contributed by atoms with Crippen molar-refractivity contribution in [2.45, 2.75) is 25.8 Å². The van der Waals surface area contributed by atoms with E-state index in [-0.39, 0.29) is 18.5 Å². The van der Waals surface area contributed by atoms with Crippen molar-refractivity contribution in [3.05, 3.63) is 71.8 Å². The van der Waals surface area contributed by atoms with Gasteiger partial charge in [-0.25, -0.2) is 4.99 Å². The number of nitrogens with one attached hydrogen (secondary N) is 2. The van der Waals surface area contributed by atoms with Crippen LogP contribution in [0.15, 0.2) is 65.7 Å². The zero-order chi connectivity index (χ0) is 19.5. The molecule has 0 aliphatic rings. The number of guanidine groups is 1. The maximum Gasteiger partial charge on any atom is 0.243 e. The van der Waals surface area contributed by atoms with Crippen LogP contribution in [0.1, 0.15) is 30.5 Å². The van der Waals surface area contributed by atoms with E-state index in [1.807, 2.05) is 24.3 Å². The minimum atomic E-state index is -0.0206. The van der Waals surface area contributed by atoms with Gasteiger partial charge in [0.05, 0.1) is 6.04 Å². The van der Waals surface area contributed by atoms with Gasteiger partial charge in [-0.3, -0.25) is 4.79 Å². The Morgan fingerprint density at radius 3 is 2.30 bits per heavy atom. The van der Waals surface area contributed by atoms with Gasteiger partial charge in [0, 0.05) is 20.6 Å². The summed E-state index contributed by atoms with van der Waals surface area (Å²) in [5, 5.41) is 6.75. The molecular formula is C22H30N4O. The Hall–Kier alpha value is -2.82. The zero-order valence-electron chi connectivity index (χ0n) is 16.5. The minimum absolute atomic E-state index is 0.0206. The number of amides is 1. The van der Waals surface area contributed by atoms with Gasteiger partial charge < -0.3 is 15.5 Å². The summed E-state index contributed by atoms with van der Waals surface area (Å²) < 4.78 is 0. The maximum atomic E-state index is 11.9. The third-order valence-corrected chi connectivity index (χ3v) is 4.30. The van der Waals surface area contributed by atoms with E-state index >= 15 is 0 Å². The van der Waals surface area contributed by atoms with E-state index in [2.05, 4.69) is 58.9 Å². The molecule has 0 fully saturated rings. The molecule has 0 saturated heterocycles. The Balaban J connectivity index is 1.92. The zero-order valence-corrected chi connectivity index (χ0v) is 16.5. The van der Waals surface area contributed by atoms with Gasteiger partial charge in [-0.15, -0.1) is 0 Å². The molecule has 27 heavy (non-hydrogen) atoms. The molecule has 1 amide bonds. The summed E-state index contributed by atoms with van der Waals surface area (Å²) >= 11 is 0. The second kappa shape index (κ2) is 11.0. The Bertz CT molecular complexity index is 714. The van der Waals surface area contributed by atoms with Gasteiger partial charge in [-0.1, -0.05) is 60.7 Å². The molecule has 0 saturated carbocycles. The molecular weight excluding hydrogens is 336 g/mol. The van der Waals surface area contributed by atoms with Crippen molar-refractivity contribution in [2.24, 2.45) is 4.99 Å². The quantitative estimate of drug-likeness (QED) is 0.429. The Kier molecular flexibility index (Phi) is 8.36. The van der Waals surface area contributed by atoms with Crippen molar-refractivity contribution in [1.29, 1.82) is 0 Å². The van der Waals surface area contributed by atoms with Crippen LogP contribution in [-0.2, 0) is 11.2 Å². The van der Waals surface area contributed by atoms with Gasteiger partial charge in [0.2, 0.25) is 5.91 Å². The van der Waals surface area contributed by atoms with E-state index in [9.17, 15) is 4.79 Å². The lowest BCUT2D eigenvalue weighted by atomic mass is 10.1. The monoisotopic (exact) mass is 366 g/mol. The second-order valence-electron chi connectivity index (χ2n) is 6.75. The van der Waals surface area contributed by atoms with Crippen molar-refractivity contribution < 1.29 is 4.79 Å². The fourth-order valence-electron chi connectivity index (χ4n) is 2.61. The molecule has 5 nitrogen and oxygen atoms in total. The van der Waals surface area contributed by atoms with Crippen molar-refractivity contribution >= 4 is 11.9 Å². The van der Waals surface area contributed by atoms with Gasteiger partial charge >= 0.3 is 0 Å². The molecule has 1 unspecified atom stereocenters. The number of likely N-dealkylation sites (N-methyl/N-ethyl adjacent to an activating group) is 1. The summed E-state index contributed by atoms with van der Waals surface area (Å²) in [6, 6.07) is 20.7. The van der Waals surface area contributed by atoms with Crippen molar-refractivity contribution in [3.63, 3.8) is 0 Å². The van der Waals surface area contributed by atoms with E-state index in [1.165, 1.54) is 11.1 Å². The average Bonchev–Trinajstić information content (AvgIpc) is 2.70. The molecule has 0 heterocycles. The van der Waals surface area contributed by atoms with Gasteiger partial charge in [-0.05, 0) is 30.9 Å². The molecule has 2 rings (SSSR count). The first-order valence-electron chi connectivity index (χ1n) is 9.40. The standard InChI is InChI=1S/C22H30N4O/c1-18(20-14-8-5-9-15-20)25-22(24-17-21(27)26(2)3)23-16-10-13-19-11-6-4-7-12-19/h4-9,11-12,14-15,18H,10,13,16-17H2,1-3H3,(H2,23,24,25). The summed E-state index contributed by atoms with van der Waals surface area (Å²) in [5.74, 6) is 0.641. The SMILES string of the molecule is CC(NC(=NCC(=O)N(C)C)NCCCc1ccccc1)c1ccccc1.